The molecule has 2 N–H and O–H groups in total. The van der Waals surface area contributed by atoms with Gasteiger partial charge in [-0.1, -0.05) is 18.2 Å². The number of piperazine rings is 1. The van der Waals surface area contributed by atoms with Crippen LogP contribution in [-0.2, 0) is 4.74 Å². The van der Waals surface area contributed by atoms with Crippen LogP contribution in [0.5, 0.6) is 5.75 Å². The fraction of sp³-hybridized carbons (Fsp3) is 0.300. The second-order valence-corrected chi connectivity index (χ2v) is 9.84. The molecule has 0 radical (unpaired) electrons. The van der Waals surface area contributed by atoms with Crippen LogP contribution < -0.4 is 15.4 Å². The number of ether oxygens (including phenoxy) is 2. The molecule has 0 bridgehead atoms. The van der Waals surface area contributed by atoms with E-state index in [1.54, 1.807) is 19.4 Å². The SMILES string of the molecule is COCCOc1ccc(N2CCN(C(C)c3cccc(-c4cc5nc(-c6ccco6)nn5c(N)n4)c3)CC2)cc1. The fourth-order valence-corrected chi connectivity index (χ4v) is 5.10. The third-order valence-electron chi connectivity index (χ3n) is 7.38. The Bertz CT molecular complexity index is 1560. The summed E-state index contributed by atoms with van der Waals surface area (Å²) in [5, 5.41) is 4.45. The van der Waals surface area contributed by atoms with E-state index in [1.165, 1.54) is 15.8 Å². The fourth-order valence-electron chi connectivity index (χ4n) is 5.10. The minimum absolute atomic E-state index is 0.262. The first-order chi connectivity index (χ1) is 19.6. The summed E-state index contributed by atoms with van der Waals surface area (Å²) in [5.41, 5.74) is 11.1. The molecule has 1 aliphatic heterocycles. The Morgan fingerprint density at radius 3 is 2.52 bits per heavy atom. The van der Waals surface area contributed by atoms with Crippen LogP contribution in [0.15, 0.2) is 77.4 Å². The second-order valence-electron chi connectivity index (χ2n) is 9.84. The van der Waals surface area contributed by atoms with Crippen LogP contribution in [0.2, 0.25) is 0 Å². The number of benzene rings is 2. The normalized spacial score (nSPS) is 15.0. The van der Waals surface area contributed by atoms with Crippen molar-refractivity contribution in [1.29, 1.82) is 0 Å². The highest BCUT2D eigenvalue weighted by Gasteiger charge is 2.23. The number of anilines is 2. The summed E-state index contributed by atoms with van der Waals surface area (Å²) in [7, 11) is 1.68. The van der Waals surface area contributed by atoms with Gasteiger partial charge in [-0.05, 0) is 55.0 Å². The highest BCUT2D eigenvalue weighted by atomic mass is 16.5. The third-order valence-corrected chi connectivity index (χ3v) is 7.38. The molecule has 5 aromatic rings. The molecule has 0 amide bonds. The second kappa shape index (κ2) is 11.4. The maximum absolute atomic E-state index is 6.27. The Balaban J connectivity index is 1.13. The van der Waals surface area contributed by atoms with E-state index in [1.807, 2.05) is 24.3 Å². The molecule has 1 aliphatic rings. The molecular formula is C30H33N7O3. The van der Waals surface area contributed by atoms with Crippen LogP contribution in [-0.4, -0.2) is 71.0 Å². The number of aromatic nitrogens is 4. The van der Waals surface area contributed by atoms with Crippen LogP contribution in [0.25, 0.3) is 28.5 Å². The number of hydrogen-bond donors (Lipinski definition) is 1. The molecule has 2 aromatic carbocycles. The first kappa shape index (κ1) is 25.8. The summed E-state index contributed by atoms with van der Waals surface area (Å²) < 4.78 is 17.7. The van der Waals surface area contributed by atoms with E-state index in [-0.39, 0.29) is 12.0 Å². The van der Waals surface area contributed by atoms with Crippen molar-refractivity contribution in [3.8, 4) is 28.6 Å². The van der Waals surface area contributed by atoms with Crippen molar-refractivity contribution < 1.29 is 13.9 Å². The van der Waals surface area contributed by atoms with Gasteiger partial charge in [0, 0.05) is 56.6 Å². The van der Waals surface area contributed by atoms with Gasteiger partial charge in [0.25, 0.3) is 0 Å². The van der Waals surface area contributed by atoms with E-state index in [0.717, 1.165) is 43.2 Å². The first-order valence-electron chi connectivity index (χ1n) is 13.5. The van der Waals surface area contributed by atoms with Gasteiger partial charge in [0.1, 0.15) is 12.4 Å². The Hall–Kier alpha value is -4.41. The highest BCUT2D eigenvalue weighted by Crippen LogP contribution is 2.29. The molecule has 1 atom stereocenters. The molecule has 40 heavy (non-hydrogen) atoms. The molecule has 6 rings (SSSR count). The molecule has 0 aliphatic carbocycles. The minimum atomic E-state index is 0.262. The summed E-state index contributed by atoms with van der Waals surface area (Å²) in [4.78, 5) is 14.2. The summed E-state index contributed by atoms with van der Waals surface area (Å²) >= 11 is 0. The summed E-state index contributed by atoms with van der Waals surface area (Å²) in [5.74, 6) is 2.21. The molecule has 3 aromatic heterocycles. The van der Waals surface area contributed by atoms with E-state index in [9.17, 15) is 0 Å². The molecular weight excluding hydrogens is 506 g/mol. The Morgan fingerprint density at radius 2 is 1.77 bits per heavy atom. The molecule has 10 heteroatoms. The monoisotopic (exact) mass is 539 g/mol. The van der Waals surface area contributed by atoms with Crippen LogP contribution in [0.1, 0.15) is 18.5 Å². The maximum atomic E-state index is 6.27. The number of furan rings is 1. The van der Waals surface area contributed by atoms with Gasteiger partial charge in [0.05, 0.1) is 18.6 Å². The largest absolute Gasteiger partial charge is 0.491 e. The minimum Gasteiger partial charge on any atom is -0.491 e. The predicted molar refractivity (Wildman–Crippen MR) is 154 cm³/mol. The maximum Gasteiger partial charge on any atom is 0.223 e. The number of nitrogens with zero attached hydrogens (tertiary/aromatic N) is 6. The van der Waals surface area contributed by atoms with Gasteiger partial charge in [0.2, 0.25) is 11.8 Å². The van der Waals surface area contributed by atoms with Crippen LogP contribution in [0.3, 0.4) is 0 Å². The summed E-state index contributed by atoms with van der Waals surface area (Å²) in [6, 6.07) is 22.6. The van der Waals surface area contributed by atoms with Crippen LogP contribution in [0, 0.1) is 0 Å². The number of nitrogen functional groups attached to an aromatic ring is 1. The Labute approximate surface area is 233 Å². The van der Waals surface area contributed by atoms with Crippen LogP contribution >= 0.6 is 0 Å². The summed E-state index contributed by atoms with van der Waals surface area (Å²) in [6.07, 6.45) is 1.60. The number of hydrogen-bond acceptors (Lipinski definition) is 9. The first-order valence-corrected chi connectivity index (χ1v) is 13.5. The lowest BCUT2D eigenvalue weighted by Crippen LogP contribution is -2.47. The standard InChI is InChI=1S/C30H33N7O3/c1-21(35-12-14-36(15-13-35)24-8-10-25(11-9-24)39-18-17-38-2)22-5-3-6-23(19-22)26-20-28-33-29(27-7-4-16-40-27)34-37(28)30(31)32-26/h3-11,16,19-21H,12-15,17-18H2,1-2H3,(H2,31,32). The van der Waals surface area contributed by atoms with E-state index in [2.05, 4.69) is 68.2 Å². The molecule has 4 heterocycles. The van der Waals surface area contributed by atoms with Crippen molar-refractivity contribution in [2.45, 2.75) is 13.0 Å². The molecule has 0 spiro atoms. The Morgan fingerprint density at radius 1 is 0.950 bits per heavy atom. The zero-order chi connectivity index (χ0) is 27.5. The van der Waals surface area contributed by atoms with Crippen molar-refractivity contribution in [3.63, 3.8) is 0 Å². The van der Waals surface area contributed by atoms with Crippen molar-refractivity contribution in [1.82, 2.24) is 24.5 Å². The lowest BCUT2D eigenvalue weighted by atomic mass is 10.0. The van der Waals surface area contributed by atoms with Gasteiger partial charge < -0.3 is 24.5 Å². The zero-order valence-corrected chi connectivity index (χ0v) is 22.7. The predicted octanol–water partition coefficient (Wildman–Crippen LogP) is 4.54. The van der Waals surface area contributed by atoms with E-state index < -0.39 is 0 Å². The van der Waals surface area contributed by atoms with Crippen molar-refractivity contribution >= 4 is 17.3 Å². The molecule has 10 nitrogen and oxygen atoms in total. The van der Waals surface area contributed by atoms with Gasteiger partial charge in [0.15, 0.2) is 11.4 Å². The Kier molecular flexibility index (Phi) is 7.35. The van der Waals surface area contributed by atoms with Gasteiger partial charge in [-0.15, -0.1) is 5.10 Å². The molecule has 0 saturated carbocycles. The smallest absolute Gasteiger partial charge is 0.223 e. The molecule has 1 fully saturated rings. The number of fused-ring (bicyclic) bond motifs is 1. The molecule has 1 saturated heterocycles. The average molecular weight is 540 g/mol. The van der Waals surface area contributed by atoms with Crippen LogP contribution in [0.4, 0.5) is 11.6 Å². The number of rotatable bonds is 9. The van der Waals surface area contributed by atoms with Gasteiger partial charge >= 0.3 is 0 Å². The van der Waals surface area contributed by atoms with Crippen molar-refractivity contribution in [2.24, 2.45) is 0 Å². The van der Waals surface area contributed by atoms with Gasteiger partial charge in [-0.3, -0.25) is 4.90 Å². The van der Waals surface area contributed by atoms with Gasteiger partial charge in [-0.25, -0.2) is 9.97 Å². The average Bonchev–Trinajstić information content (AvgIpc) is 3.68. The van der Waals surface area contributed by atoms with Crippen molar-refractivity contribution in [3.05, 3.63) is 78.6 Å². The van der Waals surface area contributed by atoms with Gasteiger partial charge in [-0.2, -0.15) is 4.52 Å². The van der Waals surface area contributed by atoms with E-state index >= 15 is 0 Å². The summed E-state index contributed by atoms with van der Waals surface area (Å²) in [6.45, 7) is 7.29. The lowest BCUT2D eigenvalue weighted by Gasteiger charge is -2.39. The highest BCUT2D eigenvalue weighted by molar-refractivity contribution is 5.67. The topological polar surface area (TPSA) is 107 Å². The van der Waals surface area contributed by atoms with E-state index in [0.29, 0.717) is 30.4 Å². The zero-order valence-electron chi connectivity index (χ0n) is 22.7. The quantitative estimate of drug-likeness (QED) is 0.270. The molecule has 206 valence electrons. The van der Waals surface area contributed by atoms with Crippen molar-refractivity contribution in [2.75, 3.05) is 57.1 Å². The number of methoxy groups -OCH3 is 1. The van der Waals surface area contributed by atoms with E-state index in [4.69, 9.17) is 19.6 Å². The third kappa shape index (κ3) is 5.36. The lowest BCUT2D eigenvalue weighted by molar-refractivity contribution is 0.146. The number of nitrogens with two attached hydrogens (primary N) is 1. The molecule has 1 unspecified atom stereocenters.